The maximum Gasteiger partial charge on any atom is 0.160 e. The number of phenols is 1. The van der Waals surface area contributed by atoms with Gasteiger partial charge < -0.3 is 15.2 Å². The molecule has 0 aliphatic rings. The van der Waals surface area contributed by atoms with Crippen molar-refractivity contribution in [3.63, 3.8) is 0 Å². The van der Waals surface area contributed by atoms with Gasteiger partial charge in [0, 0.05) is 6.54 Å². The first-order chi connectivity index (χ1) is 8.69. The quantitative estimate of drug-likeness (QED) is 0.852. The van der Waals surface area contributed by atoms with Gasteiger partial charge in [-0.25, -0.2) is 4.98 Å². The number of anilines is 1. The summed E-state index contributed by atoms with van der Waals surface area (Å²) in [6, 6.07) is 9.08. The van der Waals surface area contributed by atoms with Gasteiger partial charge in [0.15, 0.2) is 11.5 Å². The zero-order valence-electron chi connectivity index (χ0n) is 9.85. The van der Waals surface area contributed by atoms with Crippen LogP contribution >= 0.6 is 15.9 Å². The number of hydrogen-bond donors (Lipinski definition) is 2. The zero-order valence-corrected chi connectivity index (χ0v) is 11.4. The lowest BCUT2D eigenvalue weighted by Gasteiger charge is -2.08. The van der Waals surface area contributed by atoms with E-state index in [4.69, 9.17) is 4.74 Å². The highest BCUT2D eigenvalue weighted by molar-refractivity contribution is 9.10. The monoisotopic (exact) mass is 308 g/mol. The fraction of sp³-hybridized carbons (Fsp3) is 0.154. The number of rotatable bonds is 4. The summed E-state index contributed by atoms with van der Waals surface area (Å²) >= 11 is 3.29. The summed E-state index contributed by atoms with van der Waals surface area (Å²) in [6.45, 7) is 0.639. The van der Waals surface area contributed by atoms with Crippen LogP contribution in [0.3, 0.4) is 0 Å². The van der Waals surface area contributed by atoms with Gasteiger partial charge in [0.05, 0.1) is 19.0 Å². The van der Waals surface area contributed by atoms with Crippen molar-refractivity contribution in [2.75, 3.05) is 12.4 Å². The molecular weight excluding hydrogens is 296 g/mol. The predicted molar refractivity (Wildman–Crippen MR) is 73.9 cm³/mol. The Morgan fingerprint density at radius 1 is 1.33 bits per heavy atom. The molecule has 2 rings (SSSR count). The Kier molecular flexibility index (Phi) is 4.04. The highest BCUT2D eigenvalue weighted by Crippen LogP contribution is 2.26. The third-order valence-electron chi connectivity index (χ3n) is 2.47. The number of benzene rings is 1. The third-order valence-corrected chi connectivity index (χ3v) is 2.94. The summed E-state index contributed by atoms with van der Waals surface area (Å²) in [7, 11) is 1.53. The molecule has 94 valence electrons. The van der Waals surface area contributed by atoms with Crippen molar-refractivity contribution in [2.45, 2.75) is 6.54 Å². The van der Waals surface area contributed by atoms with Gasteiger partial charge in [-0.3, -0.25) is 0 Å². The average molecular weight is 309 g/mol. The van der Waals surface area contributed by atoms with Crippen LogP contribution in [0.2, 0.25) is 0 Å². The van der Waals surface area contributed by atoms with E-state index >= 15 is 0 Å². The highest BCUT2D eigenvalue weighted by Gasteiger charge is 2.02. The Hall–Kier alpha value is -1.75. The largest absolute Gasteiger partial charge is 0.504 e. The lowest BCUT2D eigenvalue weighted by Crippen LogP contribution is -2.00. The minimum absolute atomic E-state index is 0.145. The fourth-order valence-electron chi connectivity index (χ4n) is 1.52. The number of aromatic hydroxyl groups is 1. The number of methoxy groups -OCH3 is 1. The molecule has 4 nitrogen and oxygen atoms in total. The fourth-order valence-corrected chi connectivity index (χ4v) is 1.75. The van der Waals surface area contributed by atoms with Gasteiger partial charge in [0.1, 0.15) is 4.60 Å². The molecule has 18 heavy (non-hydrogen) atoms. The molecule has 0 radical (unpaired) electrons. The minimum Gasteiger partial charge on any atom is -0.504 e. The molecular formula is C13H13BrN2O2. The number of hydrogen-bond acceptors (Lipinski definition) is 4. The maximum atomic E-state index is 9.49. The van der Waals surface area contributed by atoms with Crippen LogP contribution in [0.1, 0.15) is 5.56 Å². The van der Waals surface area contributed by atoms with Gasteiger partial charge in [-0.2, -0.15) is 0 Å². The first-order valence-corrected chi connectivity index (χ1v) is 6.19. The summed E-state index contributed by atoms with van der Waals surface area (Å²) in [5.41, 5.74) is 1.96. The van der Waals surface area contributed by atoms with Crippen LogP contribution in [0.15, 0.2) is 41.1 Å². The van der Waals surface area contributed by atoms with Crippen LogP contribution in [0.25, 0.3) is 0 Å². The summed E-state index contributed by atoms with van der Waals surface area (Å²) < 4.78 is 5.86. The molecule has 2 N–H and O–H groups in total. The van der Waals surface area contributed by atoms with Crippen molar-refractivity contribution >= 4 is 21.6 Å². The molecule has 0 aliphatic carbocycles. The summed E-state index contributed by atoms with van der Waals surface area (Å²) in [4.78, 5) is 4.13. The number of ether oxygens (including phenoxy) is 1. The molecule has 0 fully saturated rings. The third kappa shape index (κ3) is 3.13. The second-order valence-corrected chi connectivity index (χ2v) is 4.54. The van der Waals surface area contributed by atoms with Crippen LogP contribution < -0.4 is 10.1 Å². The number of nitrogens with one attached hydrogen (secondary N) is 1. The van der Waals surface area contributed by atoms with Gasteiger partial charge in [-0.15, -0.1) is 0 Å². The van der Waals surface area contributed by atoms with E-state index in [0.717, 1.165) is 15.9 Å². The molecule has 0 saturated heterocycles. The molecule has 1 aromatic carbocycles. The Morgan fingerprint density at radius 3 is 2.83 bits per heavy atom. The van der Waals surface area contributed by atoms with Crippen LogP contribution in [0, 0.1) is 0 Å². The van der Waals surface area contributed by atoms with Crippen LogP contribution in [-0.2, 0) is 6.54 Å². The molecule has 0 spiro atoms. The van der Waals surface area contributed by atoms with Crippen molar-refractivity contribution in [1.82, 2.24) is 4.98 Å². The average Bonchev–Trinajstić information content (AvgIpc) is 2.39. The zero-order chi connectivity index (χ0) is 13.0. The van der Waals surface area contributed by atoms with E-state index in [2.05, 4.69) is 26.2 Å². The Balaban J connectivity index is 2.04. The summed E-state index contributed by atoms with van der Waals surface area (Å²) in [5, 5.41) is 12.7. The lowest BCUT2D eigenvalue weighted by atomic mass is 10.2. The van der Waals surface area contributed by atoms with Crippen molar-refractivity contribution in [3.8, 4) is 11.5 Å². The Labute approximate surface area is 114 Å². The first-order valence-electron chi connectivity index (χ1n) is 5.40. The second kappa shape index (κ2) is 5.73. The SMILES string of the molecule is COc1cc(CNc2ccc(Br)nc2)ccc1O. The molecule has 1 aromatic heterocycles. The number of pyridine rings is 1. The van der Waals surface area contributed by atoms with Gasteiger partial charge in [-0.1, -0.05) is 6.07 Å². The molecule has 0 aliphatic heterocycles. The molecule has 0 unspecified atom stereocenters. The van der Waals surface area contributed by atoms with Crippen molar-refractivity contribution in [1.29, 1.82) is 0 Å². The van der Waals surface area contributed by atoms with E-state index in [9.17, 15) is 5.11 Å². The molecule has 2 aromatic rings. The number of aromatic nitrogens is 1. The van der Waals surface area contributed by atoms with E-state index in [-0.39, 0.29) is 5.75 Å². The van der Waals surface area contributed by atoms with Gasteiger partial charge in [-0.05, 0) is 45.8 Å². The molecule has 5 heteroatoms. The number of halogens is 1. The molecule has 0 bridgehead atoms. The molecule has 1 heterocycles. The van der Waals surface area contributed by atoms with Crippen molar-refractivity contribution < 1.29 is 9.84 Å². The maximum absolute atomic E-state index is 9.49. The minimum atomic E-state index is 0.145. The Morgan fingerprint density at radius 2 is 2.17 bits per heavy atom. The number of nitrogens with zero attached hydrogens (tertiary/aromatic N) is 1. The van der Waals surface area contributed by atoms with E-state index in [0.29, 0.717) is 12.3 Å². The summed E-state index contributed by atoms with van der Waals surface area (Å²) in [5.74, 6) is 0.620. The van der Waals surface area contributed by atoms with Crippen LogP contribution in [0.4, 0.5) is 5.69 Å². The lowest BCUT2D eigenvalue weighted by molar-refractivity contribution is 0.373. The smallest absolute Gasteiger partial charge is 0.160 e. The number of phenolic OH excluding ortho intramolecular Hbond substituents is 1. The van der Waals surface area contributed by atoms with E-state index in [1.54, 1.807) is 18.3 Å². The van der Waals surface area contributed by atoms with Crippen molar-refractivity contribution in [3.05, 3.63) is 46.7 Å². The van der Waals surface area contributed by atoms with E-state index in [1.165, 1.54) is 7.11 Å². The molecule has 0 atom stereocenters. The summed E-state index contributed by atoms with van der Waals surface area (Å²) in [6.07, 6.45) is 1.75. The second-order valence-electron chi connectivity index (χ2n) is 3.73. The predicted octanol–water partition coefficient (Wildman–Crippen LogP) is 3.17. The van der Waals surface area contributed by atoms with E-state index < -0.39 is 0 Å². The molecule has 0 saturated carbocycles. The van der Waals surface area contributed by atoms with Crippen LogP contribution in [-0.4, -0.2) is 17.2 Å². The topological polar surface area (TPSA) is 54.4 Å². The van der Waals surface area contributed by atoms with E-state index in [1.807, 2.05) is 18.2 Å². The van der Waals surface area contributed by atoms with Gasteiger partial charge >= 0.3 is 0 Å². The standard InChI is InChI=1S/C13H13BrN2O2/c1-18-12-6-9(2-4-11(12)17)7-15-10-3-5-13(14)16-8-10/h2-6,8,15,17H,7H2,1H3. The first kappa shape index (κ1) is 12.7. The normalized spacial score (nSPS) is 10.1. The Bertz CT molecular complexity index is 529. The van der Waals surface area contributed by atoms with Gasteiger partial charge in [0.25, 0.3) is 0 Å². The van der Waals surface area contributed by atoms with Gasteiger partial charge in [0.2, 0.25) is 0 Å². The highest BCUT2D eigenvalue weighted by atomic mass is 79.9. The molecule has 0 amide bonds. The van der Waals surface area contributed by atoms with Crippen molar-refractivity contribution in [2.24, 2.45) is 0 Å². The van der Waals surface area contributed by atoms with Crippen LogP contribution in [0.5, 0.6) is 11.5 Å².